The van der Waals surface area contributed by atoms with Crippen LogP contribution < -0.4 is 4.72 Å². The van der Waals surface area contributed by atoms with E-state index >= 15 is 0 Å². The number of aryl methyl sites for hydroxylation is 1. The van der Waals surface area contributed by atoms with Gasteiger partial charge in [-0.3, -0.25) is 0 Å². The van der Waals surface area contributed by atoms with Crippen molar-refractivity contribution < 1.29 is 12.8 Å². The predicted octanol–water partition coefficient (Wildman–Crippen LogP) is 2.88. The smallest absolute Gasteiger partial charge is 0.215 e. The first-order chi connectivity index (χ1) is 10.1. The van der Waals surface area contributed by atoms with E-state index < -0.39 is 15.8 Å². The molecule has 0 amide bonds. The Kier molecular flexibility index (Phi) is 5.47. The van der Waals surface area contributed by atoms with E-state index in [-0.39, 0.29) is 11.3 Å². The number of hydrogen-bond donors (Lipinski definition) is 1. The van der Waals surface area contributed by atoms with Crippen molar-refractivity contribution in [3.05, 3.63) is 71.5 Å². The Morgan fingerprint density at radius 3 is 2.33 bits per heavy atom. The number of nitrogens with one attached hydrogen (secondary N) is 1. The quantitative estimate of drug-likeness (QED) is 0.800. The zero-order valence-corrected chi connectivity index (χ0v) is 12.4. The maximum absolute atomic E-state index is 13.4. The summed E-state index contributed by atoms with van der Waals surface area (Å²) in [5.74, 6) is -0.822. The molecule has 2 aromatic rings. The van der Waals surface area contributed by atoms with Crippen molar-refractivity contribution in [2.24, 2.45) is 0 Å². The summed E-state index contributed by atoms with van der Waals surface area (Å²) in [6.45, 7) is 0.353. The Hall–Kier alpha value is -1.72. The van der Waals surface area contributed by atoms with Crippen LogP contribution in [0.1, 0.15) is 17.5 Å². The first kappa shape index (κ1) is 15.7. The van der Waals surface area contributed by atoms with Crippen LogP contribution in [0.5, 0.6) is 0 Å². The molecule has 0 radical (unpaired) electrons. The number of rotatable bonds is 7. The van der Waals surface area contributed by atoms with Crippen molar-refractivity contribution in [3.8, 4) is 0 Å². The average molecular weight is 307 g/mol. The maximum Gasteiger partial charge on any atom is 0.215 e. The van der Waals surface area contributed by atoms with Gasteiger partial charge in [0, 0.05) is 12.1 Å². The molecular formula is C16H18FNO2S. The Bertz CT molecular complexity index is 672. The Labute approximate surface area is 124 Å². The maximum atomic E-state index is 13.4. The fraction of sp³-hybridized carbons (Fsp3) is 0.250. The third-order valence-electron chi connectivity index (χ3n) is 3.11. The van der Waals surface area contributed by atoms with Crippen molar-refractivity contribution in [3.63, 3.8) is 0 Å². The molecule has 5 heteroatoms. The van der Waals surface area contributed by atoms with Gasteiger partial charge in [0.1, 0.15) is 5.82 Å². The van der Waals surface area contributed by atoms with Crippen molar-refractivity contribution in [1.82, 2.24) is 4.72 Å². The highest BCUT2D eigenvalue weighted by molar-refractivity contribution is 7.88. The molecule has 21 heavy (non-hydrogen) atoms. The lowest BCUT2D eigenvalue weighted by molar-refractivity contribution is 0.572. The molecule has 112 valence electrons. The molecule has 2 aromatic carbocycles. The summed E-state index contributed by atoms with van der Waals surface area (Å²) >= 11 is 0. The fourth-order valence-electron chi connectivity index (χ4n) is 2.04. The summed E-state index contributed by atoms with van der Waals surface area (Å²) in [6.07, 6.45) is 1.52. The molecular weight excluding hydrogens is 289 g/mol. The van der Waals surface area contributed by atoms with Crippen LogP contribution in [-0.2, 0) is 22.2 Å². The lowest BCUT2D eigenvalue weighted by Crippen LogP contribution is -2.26. The van der Waals surface area contributed by atoms with Gasteiger partial charge in [0.05, 0.1) is 5.75 Å². The zero-order chi connectivity index (χ0) is 15.1. The number of halogens is 1. The largest absolute Gasteiger partial charge is 0.215 e. The van der Waals surface area contributed by atoms with Crippen molar-refractivity contribution in [2.75, 3.05) is 6.54 Å². The van der Waals surface area contributed by atoms with Gasteiger partial charge in [0.15, 0.2) is 0 Å². The summed E-state index contributed by atoms with van der Waals surface area (Å²) in [6, 6.07) is 15.8. The molecule has 1 N–H and O–H groups in total. The summed E-state index contributed by atoms with van der Waals surface area (Å²) in [5, 5.41) is 0. The van der Waals surface area contributed by atoms with Crippen LogP contribution in [0, 0.1) is 5.82 Å². The fourth-order valence-corrected chi connectivity index (χ4v) is 3.24. The molecule has 0 aromatic heterocycles. The number of hydrogen-bond acceptors (Lipinski definition) is 2. The van der Waals surface area contributed by atoms with Crippen molar-refractivity contribution >= 4 is 10.0 Å². The number of benzene rings is 2. The van der Waals surface area contributed by atoms with Gasteiger partial charge >= 0.3 is 0 Å². The standard InChI is InChI=1S/C16H18FNO2S/c17-16-11-5-4-10-15(16)13-21(19,20)18-12-6-9-14-7-2-1-3-8-14/h1-5,7-8,10-11,18H,6,9,12-13H2. The Morgan fingerprint density at radius 2 is 1.62 bits per heavy atom. The van der Waals surface area contributed by atoms with E-state index in [1.807, 2.05) is 30.3 Å². The Morgan fingerprint density at radius 1 is 0.952 bits per heavy atom. The molecule has 0 bridgehead atoms. The monoisotopic (exact) mass is 307 g/mol. The zero-order valence-electron chi connectivity index (χ0n) is 11.6. The van der Waals surface area contributed by atoms with Gasteiger partial charge in [-0.25, -0.2) is 17.5 Å². The second kappa shape index (κ2) is 7.33. The van der Waals surface area contributed by atoms with Crippen LogP contribution in [0.4, 0.5) is 4.39 Å². The highest BCUT2D eigenvalue weighted by atomic mass is 32.2. The molecule has 0 spiro atoms. The SMILES string of the molecule is O=S(=O)(Cc1ccccc1F)NCCCc1ccccc1. The average Bonchev–Trinajstić information content (AvgIpc) is 2.47. The Balaban J connectivity index is 1.81. The molecule has 0 atom stereocenters. The minimum atomic E-state index is -3.50. The normalized spacial score (nSPS) is 11.5. The molecule has 0 saturated heterocycles. The van der Waals surface area contributed by atoms with E-state index in [0.717, 1.165) is 6.42 Å². The molecule has 0 heterocycles. The molecule has 0 fully saturated rings. The van der Waals surface area contributed by atoms with Crippen LogP contribution in [0.25, 0.3) is 0 Å². The van der Waals surface area contributed by atoms with Gasteiger partial charge in [-0.05, 0) is 24.5 Å². The molecule has 0 aliphatic carbocycles. The number of sulfonamides is 1. The van der Waals surface area contributed by atoms with Gasteiger partial charge < -0.3 is 0 Å². The summed E-state index contributed by atoms with van der Waals surface area (Å²) in [5.41, 5.74) is 1.36. The van der Waals surface area contributed by atoms with Gasteiger partial charge in [-0.2, -0.15) is 0 Å². The van der Waals surface area contributed by atoms with E-state index in [4.69, 9.17) is 0 Å². The minimum absolute atomic E-state index is 0.188. The first-order valence-electron chi connectivity index (χ1n) is 6.81. The van der Waals surface area contributed by atoms with Gasteiger partial charge in [0.2, 0.25) is 10.0 Å². The third kappa shape index (κ3) is 5.28. The second-order valence-corrected chi connectivity index (χ2v) is 6.64. The molecule has 2 rings (SSSR count). The van der Waals surface area contributed by atoms with Gasteiger partial charge in [0.25, 0.3) is 0 Å². The van der Waals surface area contributed by atoms with E-state index in [1.165, 1.54) is 17.7 Å². The lowest BCUT2D eigenvalue weighted by Gasteiger charge is -2.07. The van der Waals surface area contributed by atoms with E-state index in [0.29, 0.717) is 13.0 Å². The molecule has 0 aliphatic rings. The summed E-state index contributed by atoms with van der Waals surface area (Å²) < 4.78 is 39.7. The van der Waals surface area contributed by atoms with Crippen LogP contribution >= 0.6 is 0 Å². The third-order valence-corrected chi connectivity index (χ3v) is 4.45. The van der Waals surface area contributed by atoms with Gasteiger partial charge in [-0.1, -0.05) is 48.5 Å². The van der Waals surface area contributed by atoms with Crippen LogP contribution in [0.2, 0.25) is 0 Å². The van der Waals surface area contributed by atoms with E-state index in [1.54, 1.807) is 12.1 Å². The highest BCUT2D eigenvalue weighted by Gasteiger charge is 2.13. The molecule has 0 unspecified atom stereocenters. The van der Waals surface area contributed by atoms with Crippen molar-refractivity contribution in [2.45, 2.75) is 18.6 Å². The topological polar surface area (TPSA) is 46.2 Å². The van der Waals surface area contributed by atoms with Crippen LogP contribution in [0.3, 0.4) is 0 Å². The summed E-state index contributed by atoms with van der Waals surface area (Å²) in [7, 11) is -3.50. The molecule has 0 saturated carbocycles. The first-order valence-corrected chi connectivity index (χ1v) is 8.47. The van der Waals surface area contributed by atoms with E-state index in [9.17, 15) is 12.8 Å². The van der Waals surface area contributed by atoms with Crippen LogP contribution in [0.15, 0.2) is 54.6 Å². The minimum Gasteiger partial charge on any atom is -0.215 e. The highest BCUT2D eigenvalue weighted by Crippen LogP contribution is 2.10. The molecule has 0 aliphatic heterocycles. The van der Waals surface area contributed by atoms with Crippen LogP contribution in [-0.4, -0.2) is 15.0 Å². The van der Waals surface area contributed by atoms with Gasteiger partial charge in [-0.15, -0.1) is 0 Å². The van der Waals surface area contributed by atoms with Crippen molar-refractivity contribution in [1.29, 1.82) is 0 Å². The summed E-state index contributed by atoms with van der Waals surface area (Å²) in [4.78, 5) is 0. The predicted molar refractivity (Wildman–Crippen MR) is 81.8 cm³/mol. The lowest BCUT2D eigenvalue weighted by atomic mass is 10.1. The molecule has 3 nitrogen and oxygen atoms in total. The second-order valence-electron chi connectivity index (χ2n) is 4.83. The van der Waals surface area contributed by atoms with E-state index in [2.05, 4.69) is 4.72 Å².